The van der Waals surface area contributed by atoms with Crippen molar-refractivity contribution in [2.75, 3.05) is 46.9 Å². The van der Waals surface area contributed by atoms with E-state index in [9.17, 15) is 9.59 Å². The zero-order chi connectivity index (χ0) is 20.7. The van der Waals surface area contributed by atoms with Crippen LogP contribution in [-0.4, -0.2) is 58.7 Å². The van der Waals surface area contributed by atoms with Crippen LogP contribution in [0, 0.1) is 0 Å². The summed E-state index contributed by atoms with van der Waals surface area (Å²) in [6, 6.07) is 12.6. The molecule has 0 fully saturated rings. The van der Waals surface area contributed by atoms with Crippen molar-refractivity contribution in [3.8, 4) is 11.5 Å². The third-order valence-electron chi connectivity index (χ3n) is 4.23. The molecule has 2 aromatic carbocycles. The quantitative estimate of drug-likeness (QED) is 0.650. The first-order valence-corrected chi connectivity index (χ1v) is 8.73. The summed E-state index contributed by atoms with van der Waals surface area (Å²) < 4.78 is 15.3. The van der Waals surface area contributed by atoms with E-state index in [0.29, 0.717) is 17.1 Å². The Morgan fingerprint density at radius 1 is 0.929 bits per heavy atom. The summed E-state index contributed by atoms with van der Waals surface area (Å²) in [6.45, 7) is 0.0364. The van der Waals surface area contributed by atoms with Crippen molar-refractivity contribution in [2.45, 2.75) is 6.54 Å². The standard InChI is InChI=1S/C21H26N2O5/c1-22(2)17-8-6-7-16(11-17)21(25)23(14-20(24)28-5)13-15-9-18(26-3)12-19(10-15)27-4/h6-12H,13-14H2,1-5H3. The first-order chi connectivity index (χ1) is 13.4. The van der Waals surface area contributed by atoms with E-state index < -0.39 is 5.97 Å². The van der Waals surface area contributed by atoms with Crippen LogP contribution in [0.5, 0.6) is 11.5 Å². The summed E-state index contributed by atoms with van der Waals surface area (Å²) in [5, 5.41) is 0. The Morgan fingerprint density at radius 3 is 2.11 bits per heavy atom. The molecule has 1 amide bonds. The summed E-state index contributed by atoms with van der Waals surface area (Å²) >= 11 is 0. The number of hydrogen-bond donors (Lipinski definition) is 0. The molecular formula is C21H26N2O5. The van der Waals surface area contributed by atoms with Crippen LogP contribution in [0.15, 0.2) is 42.5 Å². The molecule has 7 nitrogen and oxygen atoms in total. The van der Waals surface area contributed by atoms with Crippen molar-refractivity contribution >= 4 is 17.6 Å². The molecule has 0 bridgehead atoms. The van der Waals surface area contributed by atoms with E-state index in [1.54, 1.807) is 44.6 Å². The molecule has 0 aliphatic heterocycles. The fraction of sp³-hybridized carbons (Fsp3) is 0.333. The minimum atomic E-state index is -0.494. The van der Waals surface area contributed by atoms with Gasteiger partial charge in [0.2, 0.25) is 0 Å². The van der Waals surface area contributed by atoms with Crippen LogP contribution >= 0.6 is 0 Å². The van der Waals surface area contributed by atoms with E-state index in [1.807, 2.05) is 31.1 Å². The van der Waals surface area contributed by atoms with Crippen LogP contribution < -0.4 is 14.4 Å². The number of rotatable bonds is 8. The SMILES string of the molecule is COC(=O)CN(Cc1cc(OC)cc(OC)c1)C(=O)c1cccc(N(C)C)c1. The lowest BCUT2D eigenvalue weighted by molar-refractivity contribution is -0.141. The molecule has 0 heterocycles. The number of hydrogen-bond acceptors (Lipinski definition) is 6. The lowest BCUT2D eigenvalue weighted by Gasteiger charge is -2.23. The number of esters is 1. The van der Waals surface area contributed by atoms with Gasteiger partial charge >= 0.3 is 5.97 Å². The maximum Gasteiger partial charge on any atom is 0.325 e. The molecule has 0 saturated carbocycles. The summed E-state index contributed by atoms with van der Waals surface area (Å²) in [4.78, 5) is 28.4. The second-order valence-electron chi connectivity index (χ2n) is 6.40. The van der Waals surface area contributed by atoms with Crippen LogP contribution in [0.1, 0.15) is 15.9 Å². The van der Waals surface area contributed by atoms with Gasteiger partial charge in [0.25, 0.3) is 5.91 Å². The highest BCUT2D eigenvalue weighted by atomic mass is 16.5. The highest BCUT2D eigenvalue weighted by molar-refractivity contribution is 5.96. The van der Waals surface area contributed by atoms with Crippen LogP contribution in [0.2, 0.25) is 0 Å². The van der Waals surface area contributed by atoms with Crippen LogP contribution in [-0.2, 0) is 16.1 Å². The Hall–Kier alpha value is -3.22. The molecule has 0 N–H and O–H groups in total. The topological polar surface area (TPSA) is 68.3 Å². The Morgan fingerprint density at radius 2 is 1.57 bits per heavy atom. The summed E-state index contributed by atoms with van der Waals surface area (Å²) in [6.07, 6.45) is 0. The third kappa shape index (κ3) is 5.39. The smallest absolute Gasteiger partial charge is 0.325 e. The van der Waals surface area contributed by atoms with Gasteiger partial charge in [0.15, 0.2) is 0 Å². The van der Waals surface area contributed by atoms with Crippen LogP contribution in [0.4, 0.5) is 5.69 Å². The van der Waals surface area contributed by atoms with Gasteiger partial charge in [0.1, 0.15) is 18.0 Å². The summed E-state index contributed by atoms with van der Waals surface area (Å²) in [5.74, 6) is 0.451. The fourth-order valence-corrected chi connectivity index (χ4v) is 2.70. The maximum atomic E-state index is 13.1. The number of carbonyl (C=O) groups excluding carboxylic acids is 2. The number of methoxy groups -OCH3 is 3. The molecule has 0 aromatic heterocycles. The highest BCUT2D eigenvalue weighted by Gasteiger charge is 2.21. The third-order valence-corrected chi connectivity index (χ3v) is 4.23. The van der Waals surface area contributed by atoms with Gasteiger partial charge in [-0.2, -0.15) is 0 Å². The minimum Gasteiger partial charge on any atom is -0.497 e. The highest BCUT2D eigenvalue weighted by Crippen LogP contribution is 2.24. The Labute approximate surface area is 165 Å². The lowest BCUT2D eigenvalue weighted by Crippen LogP contribution is -2.35. The van der Waals surface area contributed by atoms with E-state index in [1.165, 1.54) is 12.0 Å². The van der Waals surface area contributed by atoms with Crippen molar-refractivity contribution in [1.29, 1.82) is 0 Å². The first-order valence-electron chi connectivity index (χ1n) is 8.73. The van der Waals surface area contributed by atoms with Gasteiger partial charge in [-0.1, -0.05) is 6.07 Å². The average Bonchev–Trinajstić information content (AvgIpc) is 2.72. The van der Waals surface area contributed by atoms with E-state index in [0.717, 1.165) is 11.3 Å². The molecule has 0 spiro atoms. The second kappa shape index (κ2) is 9.64. The Bertz CT molecular complexity index is 813. The van der Waals surface area contributed by atoms with Gasteiger partial charge < -0.3 is 24.0 Å². The van der Waals surface area contributed by atoms with Gasteiger partial charge in [-0.05, 0) is 35.9 Å². The molecule has 150 valence electrons. The number of amides is 1. The maximum absolute atomic E-state index is 13.1. The number of ether oxygens (including phenoxy) is 3. The van der Waals surface area contributed by atoms with E-state index >= 15 is 0 Å². The zero-order valence-corrected chi connectivity index (χ0v) is 16.9. The van der Waals surface area contributed by atoms with Crippen molar-refractivity contribution < 1.29 is 23.8 Å². The van der Waals surface area contributed by atoms with Gasteiger partial charge in [-0.25, -0.2) is 0 Å². The molecular weight excluding hydrogens is 360 g/mol. The van der Waals surface area contributed by atoms with Crippen LogP contribution in [0.25, 0.3) is 0 Å². The second-order valence-corrected chi connectivity index (χ2v) is 6.40. The molecule has 0 radical (unpaired) electrons. The molecule has 0 atom stereocenters. The summed E-state index contributed by atoms with van der Waals surface area (Å²) in [7, 11) is 8.22. The Balaban J connectivity index is 2.35. The van der Waals surface area contributed by atoms with Crippen molar-refractivity contribution in [3.05, 3.63) is 53.6 Å². The predicted octanol–water partition coefficient (Wildman–Crippen LogP) is 2.59. The van der Waals surface area contributed by atoms with Crippen molar-refractivity contribution in [1.82, 2.24) is 4.90 Å². The number of nitrogens with zero attached hydrogens (tertiary/aromatic N) is 2. The van der Waals surface area contributed by atoms with Crippen LogP contribution in [0.3, 0.4) is 0 Å². The monoisotopic (exact) mass is 386 g/mol. The molecule has 0 saturated heterocycles. The number of carbonyl (C=O) groups is 2. The van der Waals surface area contributed by atoms with Crippen molar-refractivity contribution in [2.24, 2.45) is 0 Å². The molecule has 0 unspecified atom stereocenters. The average molecular weight is 386 g/mol. The fourth-order valence-electron chi connectivity index (χ4n) is 2.70. The summed E-state index contributed by atoms with van der Waals surface area (Å²) in [5.41, 5.74) is 2.16. The predicted molar refractivity (Wildman–Crippen MR) is 107 cm³/mol. The lowest BCUT2D eigenvalue weighted by atomic mass is 10.1. The van der Waals surface area contributed by atoms with Crippen molar-refractivity contribution in [3.63, 3.8) is 0 Å². The minimum absolute atomic E-state index is 0.166. The first kappa shape index (κ1) is 21.1. The van der Waals surface area contributed by atoms with E-state index in [-0.39, 0.29) is 19.0 Å². The van der Waals surface area contributed by atoms with Gasteiger partial charge in [0, 0.05) is 38.0 Å². The number of anilines is 1. The van der Waals surface area contributed by atoms with Gasteiger partial charge in [-0.3, -0.25) is 9.59 Å². The molecule has 7 heteroatoms. The van der Waals surface area contributed by atoms with E-state index in [4.69, 9.17) is 14.2 Å². The Kier molecular flexibility index (Phi) is 7.26. The van der Waals surface area contributed by atoms with E-state index in [2.05, 4.69) is 0 Å². The molecule has 2 aromatic rings. The van der Waals surface area contributed by atoms with Gasteiger partial charge in [-0.15, -0.1) is 0 Å². The molecule has 0 aliphatic carbocycles. The zero-order valence-electron chi connectivity index (χ0n) is 16.9. The molecule has 0 aliphatic rings. The normalized spacial score (nSPS) is 10.2. The molecule has 2 rings (SSSR count). The molecule has 28 heavy (non-hydrogen) atoms. The largest absolute Gasteiger partial charge is 0.497 e. The van der Waals surface area contributed by atoms with Gasteiger partial charge in [0.05, 0.1) is 21.3 Å². The number of benzene rings is 2.